The summed E-state index contributed by atoms with van der Waals surface area (Å²) in [6, 6.07) is 12.3. The Bertz CT molecular complexity index is 965. The smallest absolute Gasteiger partial charge is 0.307 e. The normalized spacial score (nSPS) is 24.0. The van der Waals surface area contributed by atoms with E-state index in [1.54, 1.807) is 6.07 Å². The number of aryl methyl sites for hydroxylation is 1. The second-order valence-corrected chi connectivity index (χ2v) is 7.91. The van der Waals surface area contributed by atoms with Crippen LogP contribution in [0.25, 0.3) is 16.7 Å². The quantitative estimate of drug-likeness (QED) is 0.858. The summed E-state index contributed by atoms with van der Waals surface area (Å²) in [6.45, 7) is 1.50. The summed E-state index contributed by atoms with van der Waals surface area (Å²) in [4.78, 5) is 13.6. The minimum atomic E-state index is -0.682. The first kappa shape index (κ1) is 16.7. The second-order valence-electron chi connectivity index (χ2n) is 7.91. The lowest BCUT2D eigenvalue weighted by Gasteiger charge is -2.24. The number of likely N-dealkylation sites (tertiary alicyclic amines) is 1. The molecule has 138 valence electrons. The van der Waals surface area contributed by atoms with E-state index in [4.69, 9.17) is 0 Å². The molecule has 0 amide bonds. The number of rotatable bonds is 4. The van der Waals surface area contributed by atoms with E-state index in [9.17, 15) is 14.3 Å². The number of hydrogen-bond donors (Lipinski definition) is 1. The van der Waals surface area contributed by atoms with Crippen LogP contribution in [0.2, 0.25) is 0 Å². The molecule has 2 atom stereocenters. The standard InChI is InChI=1S/C23H22FNO2/c24-21-12-16(3-6-19(21)14-1-2-14)15-4-7-20-17(11-15)5-8-22(20)25-10-9-18(13-25)23(26)27/h1,3-4,6-7,11-12,18,22H,2,5,8-10,13H2,(H,26,27)/t18-,22?/m0/s1. The summed E-state index contributed by atoms with van der Waals surface area (Å²) in [5, 5.41) is 9.25. The predicted molar refractivity (Wildman–Crippen MR) is 103 cm³/mol. The molecule has 0 radical (unpaired) electrons. The Balaban J connectivity index is 1.39. The van der Waals surface area contributed by atoms with Crippen molar-refractivity contribution in [2.45, 2.75) is 31.7 Å². The molecular formula is C23H22FNO2. The maximum Gasteiger partial charge on any atom is 0.307 e. The third-order valence-electron chi connectivity index (χ3n) is 6.26. The average Bonchev–Trinajstić information content (AvgIpc) is 3.22. The SMILES string of the molecule is O=C(O)[C@H]1CCN(C2CCc3cc(-c4ccc(C5=CC5)c(F)c4)ccc32)C1. The van der Waals surface area contributed by atoms with E-state index in [0.717, 1.165) is 54.5 Å². The zero-order chi connectivity index (χ0) is 18.5. The molecule has 3 aliphatic rings. The van der Waals surface area contributed by atoms with Gasteiger partial charge in [0.2, 0.25) is 0 Å². The van der Waals surface area contributed by atoms with E-state index in [2.05, 4.69) is 23.1 Å². The fourth-order valence-electron chi connectivity index (χ4n) is 4.65. The third-order valence-corrected chi connectivity index (χ3v) is 6.26. The Morgan fingerprint density at radius 1 is 1.11 bits per heavy atom. The molecule has 0 aromatic heterocycles. The van der Waals surface area contributed by atoms with Crippen LogP contribution in [0.5, 0.6) is 0 Å². The van der Waals surface area contributed by atoms with Crippen LogP contribution in [0.4, 0.5) is 4.39 Å². The number of hydrogen-bond acceptors (Lipinski definition) is 2. The summed E-state index contributed by atoms with van der Waals surface area (Å²) in [5.74, 6) is -1.07. The topological polar surface area (TPSA) is 40.5 Å². The maximum atomic E-state index is 14.4. The first-order valence-electron chi connectivity index (χ1n) is 9.69. The van der Waals surface area contributed by atoms with Crippen molar-refractivity contribution in [3.05, 3.63) is 65.0 Å². The van der Waals surface area contributed by atoms with Gasteiger partial charge >= 0.3 is 5.97 Å². The number of fused-ring (bicyclic) bond motifs is 1. The summed E-state index contributed by atoms with van der Waals surface area (Å²) >= 11 is 0. The fraction of sp³-hybridized carbons (Fsp3) is 0.348. The summed E-state index contributed by atoms with van der Waals surface area (Å²) in [5.41, 5.74) is 6.41. The molecule has 2 aromatic carbocycles. The molecule has 1 N–H and O–H groups in total. The molecule has 1 heterocycles. The van der Waals surface area contributed by atoms with Crippen LogP contribution in [-0.2, 0) is 11.2 Å². The molecule has 27 heavy (non-hydrogen) atoms. The van der Waals surface area contributed by atoms with Crippen LogP contribution >= 0.6 is 0 Å². The van der Waals surface area contributed by atoms with Gasteiger partial charge in [-0.3, -0.25) is 9.69 Å². The summed E-state index contributed by atoms with van der Waals surface area (Å²) in [6.07, 6.45) is 5.71. The van der Waals surface area contributed by atoms with Gasteiger partial charge in [-0.05, 0) is 66.1 Å². The molecule has 5 rings (SSSR count). The molecule has 1 unspecified atom stereocenters. The zero-order valence-electron chi connectivity index (χ0n) is 15.1. The lowest BCUT2D eigenvalue weighted by molar-refractivity contribution is -0.141. The van der Waals surface area contributed by atoms with E-state index in [-0.39, 0.29) is 11.7 Å². The van der Waals surface area contributed by atoms with Crippen molar-refractivity contribution >= 4 is 11.5 Å². The first-order chi connectivity index (χ1) is 13.1. The highest BCUT2D eigenvalue weighted by atomic mass is 19.1. The van der Waals surface area contributed by atoms with Crippen molar-refractivity contribution in [2.75, 3.05) is 13.1 Å². The Labute approximate surface area is 158 Å². The van der Waals surface area contributed by atoms with Gasteiger partial charge in [0.05, 0.1) is 5.92 Å². The number of carboxylic acids is 1. The number of carboxylic acid groups (broad SMARTS) is 1. The predicted octanol–water partition coefficient (Wildman–Crippen LogP) is 4.67. The number of aliphatic carboxylic acids is 1. The highest BCUT2D eigenvalue weighted by Crippen LogP contribution is 2.40. The number of nitrogens with zero attached hydrogens (tertiary/aromatic N) is 1. The van der Waals surface area contributed by atoms with E-state index < -0.39 is 5.97 Å². The van der Waals surface area contributed by atoms with Crippen molar-refractivity contribution in [3.63, 3.8) is 0 Å². The van der Waals surface area contributed by atoms with Gasteiger partial charge in [0.1, 0.15) is 5.82 Å². The number of halogens is 1. The highest BCUT2D eigenvalue weighted by molar-refractivity contribution is 5.79. The summed E-state index contributed by atoms with van der Waals surface area (Å²) in [7, 11) is 0. The van der Waals surface area contributed by atoms with Crippen molar-refractivity contribution in [1.82, 2.24) is 4.90 Å². The third kappa shape index (κ3) is 2.98. The van der Waals surface area contributed by atoms with Gasteiger partial charge in [-0.2, -0.15) is 0 Å². The molecule has 1 fully saturated rings. The van der Waals surface area contributed by atoms with E-state index >= 15 is 0 Å². The molecule has 4 heteroatoms. The first-order valence-corrected chi connectivity index (χ1v) is 9.69. The number of benzene rings is 2. The monoisotopic (exact) mass is 363 g/mol. The molecule has 0 spiro atoms. The Morgan fingerprint density at radius 2 is 1.89 bits per heavy atom. The largest absolute Gasteiger partial charge is 0.481 e. The number of carbonyl (C=O) groups is 1. The molecule has 0 bridgehead atoms. The van der Waals surface area contributed by atoms with E-state index in [1.807, 2.05) is 18.2 Å². The lowest BCUT2D eigenvalue weighted by Crippen LogP contribution is -2.26. The minimum absolute atomic E-state index is 0.147. The lowest BCUT2D eigenvalue weighted by atomic mass is 9.98. The van der Waals surface area contributed by atoms with Gasteiger partial charge in [-0.1, -0.05) is 36.4 Å². The minimum Gasteiger partial charge on any atom is -0.481 e. The molecular weight excluding hydrogens is 341 g/mol. The van der Waals surface area contributed by atoms with Crippen molar-refractivity contribution in [2.24, 2.45) is 5.92 Å². The molecule has 1 saturated heterocycles. The van der Waals surface area contributed by atoms with Crippen LogP contribution in [0.3, 0.4) is 0 Å². The molecule has 3 nitrogen and oxygen atoms in total. The molecule has 2 aliphatic carbocycles. The van der Waals surface area contributed by atoms with Crippen molar-refractivity contribution in [3.8, 4) is 11.1 Å². The average molecular weight is 363 g/mol. The van der Waals surface area contributed by atoms with E-state index in [1.165, 1.54) is 11.1 Å². The van der Waals surface area contributed by atoms with Crippen LogP contribution < -0.4 is 0 Å². The van der Waals surface area contributed by atoms with Gasteiger partial charge in [0.25, 0.3) is 0 Å². The molecule has 1 aliphatic heterocycles. The van der Waals surface area contributed by atoms with Gasteiger partial charge in [0.15, 0.2) is 0 Å². The van der Waals surface area contributed by atoms with Gasteiger partial charge in [-0.15, -0.1) is 0 Å². The molecule has 0 saturated carbocycles. The fourth-order valence-corrected chi connectivity index (χ4v) is 4.65. The Kier molecular flexibility index (Phi) is 3.90. The Hall–Kier alpha value is -2.46. The van der Waals surface area contributed by atoms with Crippen LogP contribution in [-0.4, -0.2) is 29.1 Å². The van der Waals surface area contributed by atoms with E-state index in [0.29, 0.717) is 12.6 Å². The highest BCUT2D eigenvalue weighted by Gasteiger charge is 2.35. The zero-order valence-corrected chi connectivity index (χ0v) is 15.1. The summed E-state index contributed by atoms with van der Waals surface area (Å²) < 4.78 is 14.4. The second kappa shape index (κ2) is 6.31. The van der Waals surface area contributed by atoms with Gasteiger partial charge in [-0.25, -0.2) is 4.39 Å². The number of allylic oxidation sites excluding steroid dienone is 2. The van der Waals surface area contributed by atoms with Gasteiger partial charge < -0.3 is 5.11 Å². The molecule has 2 aromatic rings. The van der Waals surface area contributed by atoms with Crippen LogP contribution in [0.15, 0.2) is 42.5 Å². The Morgan fingerprint density at radius 3 is 2.59 bits per heavy atom. The van der Waals surface area contributed by atoms with Crippen LogP contribution in [0, 0.1) is 11.7 Å². The van der Waals surface area contributed by atoms with Crippen molar-refractivity contribution in [1.29, 1.82) is 0 Å². The van der Waals surface area contributed by atoms with Crippen LogP contribution in [0.1, 0.15) is 42.0 Å². The van der Waals surface area contributed by atoms with Gasteiger partial charge in [0, 0.05) is 18.2 Å². The van der Waals surface area contributed by atoms with Crippen molar-refractivity contribution < 1.29 is 14.3 Å². The maximum absolute atomic E-state index is 14.4.